The van der Waals surface area contributed by atoms with Crippen LogP contribution in [0.5, 0.6) is 5.75 Å². The van der Waals surface area contributed by atoms with Crippen LogP contribution in [0.1, 0.15) is 13.3 Å². The molecule has 1 aromatic carbocycles. The van der Waals surface area contributed by atoms with Crippen LogP contribution in [0.25, 0.3) is 0 Å². The van der Waals surface area contributed by atoms with E-state index in [9.17, 15) is 17.1 Å². The van der Waals surface area contributed by atoms with Gasteiger partial charge < -0.3 is 9.64 Å². The van der Waals surface area contributed by atoms with E-state index in [0.29, 0.717) is 27.5 Å². The summed E-state index contributed by atoms with van der Waals surface area (Å²) in [5.41, 5.74) is 0.326. The highest BCUT2D eigenvalue weighted by atomic mass is 79.9. The summed E-state index contributed by atoms with van der Waals surface area (Å²) in [6.45, 7) is 1.86. The van der Waals surface area contributed by atoms with Crippen LogP contribution in [-0.2, 0) is 15.0 Å². The molecule has 0 N–H and O–H groups in total. The van der Waals surface area contributed by atoms with E-state index in [2.05, 4.69) is 15.9 Å². The predicted molar refractivity (Wildman–Crippen MR) is 81.1 cm³/mol. The lowest BCUT2D eigenvalue weighted by Crippen LogP contribution is -2.27. The fourth-order valence-corrected chi connectivity index (χ4v) is 3.71. The monoisotopic (exact) mass is 399 g/mol. The molecule has 21 heavy (non-hydrogen) atoms. The molecular weight excluding hydrogens is 389 g/mol. The molecule has 1 aliphatic heterocycles. The zero-order valence-electron chi connectivity index (χ0n) is 11.0. The van der Waals surface area contributed by atoms with Crippen molar-refractivity contribution in [2.24, 2.45) is 0 Å². The third-order valence-electron chi connectivity index (χ3n) is 3.06. The molecule has 1 atom stereocenters. The van der Waals surface area contributed by atoms with Crippen LogP contribution in [0.4, 0.5) is 9.57 Å². The number of hydrogen-bond donors (Lipinski definition) is 0. The smallest absolute Gasteiger partial charge is 0.307 e. The Morgan fingerprint density at radius 3 is 2.71 bits per heavy atom. The van der Waals surface area contributed by atoms with E-state index in [4.69, 9.17) is 16.3 Å². The summed E-state index contributed by atoms with van der Waals surface area (Å²) in [7, 11) is -4.77. The van der Waals surface area contributed by atoms with Gasteiger partial charge in [0, 0.05) is 18.0 Å². The molecule has 1 heterocycles. The maximum Gasteiger partial charge on any atom is 0.307 e. The first-order chi connectivity index (χ1) is 9.74. The minimum absolute atomic E-state index is 0.259. The number of carbonyl (C=O) groups is 1. The number of rotatable bonds is 4. The van der Waals surface area contributed by atoms with E-state index in [0.717, 1.165) is 0 Å². The third kappa shape index (κ3) is 3.49. The lowest BCUT2D eigenvalue weighted by Gasteiger charge is -2.21. The van der Waals surface area contributed by atoms with Gasteiger partial charge in [-0.3, -0.25) is 4.79 Å². The van der Waals surface area contributed by atoms with Crippen LogP contribution in [-0.4, -0.2) is 32.7 Å². The van der Waals surface area contributed by atoms with Crippen LogP contribution in [0.2, 0.25) is 5.02 Å². The molecule has 0 aromatic heterocycles. The highest BCUT2D eigenvalue weighted by Gasteiger charge is 2.40. The highest BCUT2D eigenvalue weighted by molar-refractivity contribution is 9.10. The van der Waals surface area contributed by atoms with E-state index in [1.54, 1.807) is 13.0 Å². The van der Waals surface area contributed by atoms with Crippen molar-refractivity contribution in [2.45, 2.75) is 18.6 Å². The summed E-state index contributed by atoms with van der Waals surface area (Å²) in [6, 6.07) is 3.09. The van der Waals surface area contributed by atoms with Gasteiger partial charge in [0.15, 0.2) is 5.75 Å². The Hall–Kier alpha value is -0.860. The van der Waals surface area contributed by atoms with Crippen molar-refractivity contribution in [3.8, 4) is 5.75 Å². The molecule has 0 radical (unpaired) electrons. The molecule has 1 aliphatic rings. The SMILES string of the molecule is CCOc1c(Br)cc(Cl)cc1N1CC(S(=O)(=O)F)CC1=O. The van der Waals surface area contributed by atoms with Gasteiger partial charge in [-0.25, -0.2) is 0 Å². The van der Waals surface area contributed by atoms with Gasteiger partial charge in [0.25, 0.3) is 0 Å². The summed E-state index contributed by atoms with van der Waals surface area (Å²) in [6.07, 6.45) is -0.394. The van der Waals surface area contributed by atoms with Gasteiger partial charge >= 0.3 is 10.2 Å². The summed E-state index contributed by atoms with van der Waals surface area (Å²) in [5, 5.41) is -1.02. The average Bonchev–Trinajstić information content (AvgIpc) is 2.74. The maximum atomic E-state index is 13.1. The molecule has 1 unspecified atom stereocenters. The van der Waals surface area contributed by atoms with Crippen molar-refractivity contribution in [1.29, 1.82) is 0 Å². The van der Waals surface area contributed by atoms with Gasteiger partial charge in [-0.2, -0.15) is 8.42 Å². The van der Waals surface area contributed by atoms with Crippen LogP contribution < -0.4 is 9.64 Å². The molecule has 1 saturated heterocycles. The summed E-state index contributed by atoms with van der Waals surface area (Å²) >= 11 is 9.24. The van der Waals surface area contributed by atoms with Gasteiger partial charge in [0.2, 0.25) is 5.91 Å². The molecule has 0 aliphatic carbocycles. The number of hydrogen-bond acceptors (Lipinski definition) is 4. The van der Waals surface area contributed by atoms with Gasteiger partial charge in [-0.15, -0.1) is 3.89 Å². The fourth-order valence-electron chi connectivity index (χ4n) is 2.13. The first kappa shape index (κ1) is 16.5. The zero-order chi connectivity index (χ0) is 15.8. The summed E-state index contributed by atoms with van der Waals surface area (Å²) < 4.78 is 41.1. The number of nitrogens with zero attached hydrogens (tertiary/aromatic N) is 1. The number of anilines is 1. The lowest BCUT2D eigenvalue weighted by molar-refractivity contribution is -0.117. The minimum Gasteiger partial charge on any atom is -0.490 e. The highest BCUT2D eigenvalue weighted by Crippen LogP contribution is 2.41. The van der Waals surface area contributed by atoms with Crippen molar-refractivity contribution in [1.82, 2.24) is 0 Å². The molecular formula is C12H12BrClFNO4S. The van der Waals surface area contributed by atoms with E-state index in [1.165, 1.54) is 11.0 Å². The maximum absolute atomic E-state index is 13.1. The number of amides is 1. The normalized spacial score (nSPS) is 19.1. The van der Waals surface area contributed by atoms with Gasteiger partial charge in [-0.05, 0) is 35.0 Å². The van der Waals surface area contributed by atoms with Crippen molar-refractivity contribution in [2.75, 3.05) is 18.1 Å². The molecule has 9 heteroatoms. The van der Waals surface area contributed by atoms with E-state index < -0.39 is 27.8 Å². The number of ether oxygens (including phenoxy) is 1. The van der Waals surface area contributed by atoms with E-state index in [-0.39, 0.29) is 6.54 Å². The van der Waals surface area contributed by atoms with Crippen LogP contribution >= 0.6 is 27.5 Å². The van der Waals surface area contributed by atoms with Gasteiger partial charge in [-0.1, -0.05) is 11.6 Å². The Morgan fingerprint density at radius 2 is 2.19 bits per heavy atom. The van der Waals surface area contributed by atoms with Crippen molar-refractivity contribution < 1.29 is 21.8 Å². The number of benzene rings is 1. The minimum atomic E-state index is -4.77. The van der Waals surface area contributed by atoms with Crippen LogP contribution in [0.15, 0.2) is 16.6 Å². The zero-order valence-corrected chi connectivity index (χ0v) is 14.1. The molecule has 0 saturated carbocycles. The predicted octanol–water partition coefficient (Wildman–Crippen LogP) is 2.91. The third-order valence-corrected chi connectivity index (χ3v) is 4.98. The number of carbonyl (C=O) groups excluding carboxylic acids is 1. The molecule has 0 bridgehead atoms. The standard InChI is InChI=1S/C12H12BrClFNO4S/c1-2-20-12-9(13)3-7(14)4-10(12)16-6-8(5-11(16)17)21(15,18)19/h3-4,8H,2,5-6H2,1H3. The Labute approximate surface area is 135 Å². The Bertz CT molecular complexity index is 682. The second-order valence-electron chi connectivity index (χ2n) is 4.47. The molecule has 2 rings (SSSR count). The van der Waals surface area contributed by atoms with Crippen molar-refractivity contribution in [3.63, 3.8) is 0 Å². The Morgan fingerprint density at radius 1 is 1.52 bits per heavy atom. The second-order valence-corrected chi connectivity index (χ2v) is 7.38. The van der Waals surface area contributed by atoms with Crippen molar-refractivity contribution >= 4 is 49.3 Å². The molecule has 5 nitrogen and oxygen atoms in total. The van der Waals surface area contributed by atoms with Crippen molar-refractivity contribution in [3.05, 3.63) is 21.6 Å². The number of halogens is 3. The van der Waals surface area contributed by atoms with Crippen LogP contribution in [0, 0.1) is 0 Å². The van der Waals surface area contributed by atoms with E-state index >= 15 is 0 Å². The molecule has 0 spiro atoms. The largest absolute Gasteiger partial charge is 0.490 e. The molecule has 1 aromatic rings. The van der Waals surface area contributed by atoms with Gasteiger partial charge in [0.05, 0.1) is 16.8 Å². The van der Waals surface area contributed by atoms with Crippen LogP contribution in [0.3, 0.4) is 0 Å². The van der Waals surface area contributed by atoms with Gasteiger partial charge in [0.1, 0.15) is 5.25 Å². The fraction of sp³-hybridized carbons (Fsp3) is 0.417. The summed E-state index contributed by atoms with van der Waals surface area (Å²) in [5.74, 6) is -0.122. The second kappa shape index (κ2) is 6.10. The summed E-state index contributed by atoms with van der Waals surface area (Å²) in [4.78, 5) is 13.2. The molecule has 1 fully saturated rings. The topological polar surface area (TPSA) is 63.7 Å². The lowest BCUT2D eigenvalue weighted by atomic mass is 10.2. The average molecular weight is 401 g/mol. The molecule has 116 valence electrons. The molecule has 1 amide bonds. The Balaban J connectivity index is 2.44. The first-order valence-electron chi connectivity index (χ1n) is 6.09. The quantitative estimate of drug-likeness (QED) is 0.729. The Kier molecular flexibility index (Phi) is 4.79. The first-order valence-corrected chi connectivity index (χ1v) is 8.71. The van der Waals surface area contributed by atoms with E-state index in [1.807, 2.05) is 0 Å².